The lowest BCUT2D eigenvalue weighted by molar-refractivity contribution is 0.571. The van der Waals surface area contributed by atoms with Gasteiger partial charge < -0.3 is 5.32 Å². The fourth-order valence-electron chi connectivity index (χ4n) is 2.91. The van der Waals surface area contributed by atoms with Gasteiger partial charge in [0.25, 0.3) is 0 Å². The van der Waals surface area contributed by atoms with Gasteiger partial charge in [-0.15, -0.1) is 0 Å². The van der Waals surface area contributed by atoms with E-state index in [0.717, 1.165) is 12.2 Å². The largest absolute Gasteiger partial charge is 0.384 e. The Labute approximate surface area is 123 Å². The minimum Gasteiger partial charge on any atom is -0.384 e. The third-order valence-corrected chi connectivity index (χ3v) is 4.26. The molecule has 104 valence electrons. The second-order valence-corrected chi connectivity index (χ2v) is 5.70. The summed E-state index contributed by atoms with van der Waals surface area (Å²) in [6.07, 6.45) is 3.60. The van der Waals surface area contributed by atoms with Crippen LogP contribution in [0.1, 0.15) is 29.9 Å². The summed E-state index contributed by atoms with van der Waals surface area (Å²) in [6, 6.07) is 13.4. The zero-order valence-corrected chi connectivity index (χ0v) is 12.0. The van der Waals surface area contributed by atoms with Gasteiger partial charge in [0, 0.05) is 18.2 Å². The first-order valence-corrected chi connectivity index (χ1v) is 7.38. The van der Waals surface area contributed by atoms with E-state index in [1.807, 2.05) is 0 Å². The van der Waals surface area contributed by atoms with Crippen molar-refractivity contribution in [3.05, 3.63) is 64.4 Å². The minimum atomic E-state index is -0.375. The SMILES string of the molecule is Fc1ccc(NCC2CCCc3ccccc32)cc1Cl. The highest BCUT2D eigenvalue weighted by atomic mass is 35.5. The van der Waals surface area contributed by atoms with Crippen molar-refractivity contribution >= 4 is 17.3 Å². The van der Waals surface area contributed by atoms with Gasteiger partial charge in [0.05, 0.1) is 5.02 Å². The molecule has 1 atom stereocenters. The number of anilines is 1. The first-order chi connectivity index (χ1) is 9.74. The van der Waals surface area contributed by atoms with E-state index in [1.54, 1.807) is 12.1 Å². The van der Waals surface area contributed by atoms with E-state index >= 15 is 0 Å². The molecule has 20 heavy (non-hydrogen) atoms. The smallest absolute Gasteiger partial charge is 0.141 e. The molecule has 0 saturated heterocycles. The maximum Gasteiger partial charge on any atom is 0.141 e. The molecular weight excluding hydrogens is 273 g/mol. The Morgan fingerprint density at radius 1 is 1.20 bits per heavy atom. The Balaban J connectivity index is 1.71. The Bertz CT molecular complexity index is 612. The second-order valence-electron chi connectivity index (χ2n) is 5.30. The number of fused-ring (bicyclic) bond motifs is 1. The van der Waals surface area contributed by atoms with Crippen LogP contribution >= 0.6 is 11.6 Å². The lowest BCUT2D eigenvalue weighted by atomic mass is 9.83. The van der Waals surface area contributed by atoms with Gasteiger partial charge in [-0.3, -0.25) is 0 Å². The van der Waals surface area contributed by atoms with Crippen molar-refractivity contribution in [1.29, 1.82) is 0 Å². The second kappa shape index (κ2) is 5.84. The number of rotatable bonds is 3. The molecule has 3 rings (SSSR count). The number of hydrogen-bond donors (Lipinski definition) is 1. The fraction of sp³-hybridized carbons (Fsp3) is 0.294. The molecule has 1 aliphatic carbocycles. The van der Waals surface area contributed by atoms with Gasteiger partial charge in [-0.05, 0) is 48.6 Å². The predicted molar refractivity (Wildman–Crippen MR) is 82.0 cm³/mol. The van der Waals surface area contributed by atoms with Crippen LogP contribution in [-0.4, -0.2) is 6.54 Å². The first kappa shape index (κ1) is 13.4. The van der Waals surface area contributed by atoms with Gasteiger partial charge in [0.2, 0.25) is 0 Å². The lowest BCUT2D eigenvalue weighted by Gasteiger charge is -2.26. The van der Waals surface area contributed by atoms with Crippen molar-refractivity contribution in [3.8, 4) is 0 Å². The molecule has 2 aromatic rings. The van der Waals surface area contributed by atoms with E-state index in [2.05, 4.69) is 29.6 Å². The van der Waals surface area contributed by atoms with Crippen LogP contribution in [0.4, 0.5) is 10.1 Å². The highest BCUT2D eigenvalue weighted by Gasteiger charge is 2.19. The van der Waals surface area contributed by atoms with Crippen molar-refractivity contribution in [1.82, 2.24) is 0 Å². The summed E-state index contributed by atoms with van der Waals surface area (Å²) in [6.45, 7) is 0.860. The van der Waals surface area contributed by atoms with Crippen LogP contribution in [0.5, 0.6) is 0 Å². The van der Waals surface area contributed by atoms with Crippen LogP contribution in [0.3, 0.4) is 0 Å². The maximum atomic E-state index is 13.1. The number of halogens is 2. The van der Waals surface area contributed by atoms with Crippen molar-refractivity contribution in [2.75, 3.05) is 11.9 Å². The summed E-state index contributed by atoms with van der Waals surface area (Å²) in [7, 11) is 0. The molecule has 0 heterocycles. The lowest BCUT2D eigenvalue weighted by Crippen LogP contribution is -2.18. The zero-order valence-electron chi connectivity index (χ0n) is 11.2. The van der Waals surface area contributed by atoms with Crippen molar-refractivity contribution < 1.29 is 4.39 Å². The van der Waals surface area contributed by atoms with Crippen LogP contribution in [0.15, 0.2) is 42.5 Å². The summed E-state index contributed by atoms with van der Waals surface area (Å²) in [5.74, 6) is 0.143. The van der Waals surface area contributed by atoms with Crippen LogP contribution < -0.4 is 5.32 Å². The maximum absolute atomic E-state index is 13.1. The summed E-state index contributed by atoms with van der Waals surface area (Å²) >= 11 is 5.80. The van der Waals surface area contributed by atoms with Crippen LogP contribution in [-0.2, 0) is 6.42 Å². The van der Waals surface area contributed by atoms with Gasteiger partial charge in [-0.25, -0.2) is 4.39 Å². The van der Waals surface area contributed by atoms with E-state index in [0.29, 0.717) is 5.92 Å². The molecule has 0 amide bonds. The topological polar surface area (TPSA) is 12.0 Å². The summed E-state index contributed by atoms with van der Waals surface area (Å²) in [5.41, 5.74) is 3.78. The third kappa shape index (κ3) is 2.80. The summed E-state index contributed by atoms with van der Waals surface area (Å²) in [4.78, 5) is 0. The summed E-state index contributed by atoms with van der Waals surface area (Å²) < 4.78 is 13.1. The van der Waals surface area contributed by atoms with E-state index in [9.17, 15) is 4.39 Å². The van der Waals surface area contributed by atoms with E-state index < -0.39 is 0 Å². The predicted octanol–water partition coefficient (Wildman–Crippen LogP) is 5.01. The molecule has 0 saturated carbocycles. The Hall–Kier alpha value is -1.54. The average molecular weight is 290 g/mol. The Morgan fingerprint density at radius 2 is 2.05 bits per heavy atom. The number of aryl methyl sites for hydroxylation is 1. The van der Waals surface area contributed by atoms with Gasteiger partial charge in [0.1, 0.15) is 5.82 Å². The molecule has 1 unspecified atom stereocenters. The van der Waals surface area contributed by atoms with E-state index in [-0.39, 0.29) is 10.8 Å². The molecule has 0 radical (unpaired) electrons. The molecule has 0 bridgehead atoms. The molecule has 0 fully saturated rings. The van der Waals surface area contributed by atoms with Gasteiger partial charge >= 0.3 is 0 Å². The van der Waals surface area contributed by atoms with Gasteiger partial charge in [-0.2, -0.15) is 0 Å². The fourth-order valence-corrected chi connectivity index (χ4v) is 3.09. The molecule has 2 aromatic carbocycles. The molecule has 3 heteroatoms. The van der Waals surface area contributed by atoms with Gasteiger partial charge in [-0.1, -0.05) is 35.9 Å². The number of hydrogen-bond acceptors (Lipinski definition) is 1. The molecule has 0 aromatic heterocycles. The van der Waals surface area contributed by atoms with Gasteiger partial charge in [0.15, 0.2) is 0 Å². The minimum absolute atomic E-state index is 0.166. The quantitative estimate of drug-likeness (QED) is 0.837. The van der Waals surface area contributed by atoms with Crippen LogP contribution in [0.2, 0.25) is 5.02 Å². The van der Waals surface area contributed by atoms with Crippen LogP contribution in [0, 0.1) is 5.82 Å². The normalized spacial score (nSPS) is 17.6. The van der Waals surface area contributed by atoms with E-state index in [4.69, 9.17) is 11.6 Å². The van der Waals surface area contributed by atoms with Crippen molar-refractivity contribution in [3.63, 3.8) is 0 Å². The zero-order chi connectivity index (χ0) is 13.9. The molecule has 0 spiro atoms. The molecular formula is C17H17ClFN. The standard InChI is InChI=1S/C17H17ClFN/c18-16-10-14(8-9-17(16)19)20-11-13-6-3-5-12-4-1-2-7-15(12)13/h1-2,4,7-10,13,20H,3,5-6,11H2. The van der Waals surface area contributed by atoms with Crippen LogP contribution in [0.25, 0.3) is 0 Å². The third-order valence-electron chi connectivity index (χ3n) is 3.97. The highest BCUT2D eigenvalue weighted by Crippen LogP contribution is 2.31. The molecule has 1 aliphatic rings. The summed E-state index contributed by atoms with van der Waals surface area (Å²) in [5, 5.41) is 3.54. The van der Waals surface area contributed by atoms with E-state index in [1.165, 1.54) is 36.5 Å². The molecule has 1 nitrogen and oxygen atoms in total. The number of benzene rings is 2. The highest BCUT2D eigenvalue weighted by molar-refractivity contribution is 6.31. The molecule has 1 N–H and O–H groups in total. The first-order valence-electron chi connectivity index (χ1n) is 7.01. The van der Waals surface area contributed by atoms with Crippen molar-refractivity contribution in [2.45, 2.75) is 25.2 Å². The van der Waals surface area contributed by atoms with Crippen molar-refractivity contribution in [2.24, 2.45) is 0 Å². The molecule has 0 aliphatic heterocycles. The number of nitrogens with one attached hydrogen (secondary N) is 1. The monoisotopic (exact) mass is 289 g/mol. The Kier molecular flexibility index (Phi) is 3.93. The Morgan fingerprint density at radius 3 is 2.90 bits per heavy atom. The average Bonchev–Trinajstić information content (AvgIpc) is 2.48.